The minimum Gasteiger partial charge on any atom is -0.0628 e. The fraction of sp³-hybridized carbons (Fsp3) is 1.00. The molecule has 3 atom stereocenters. The average Bonchev–Trinajstić information content (AvgIpc) is 2.00. The molecule has 0 radical (unpaired) electrons. The summed E-state index contributed by atoms with van der Waals surface area (Å²) in [6.45, 7) is 14.4. The Labute approximate surface area is 84.1 Å². The van der Waals surface area contributed by atoms with Gasteiger partial charge in [-0.25, -0.2) is 0 Å². The molecule has 0 spiro atoms. The van der Waals surface area contributed by atoms with Crippen LogP contribution in [0.4, 0.5) is 0 Å². The van der Waals surface area contributed by atoms with Gasteiger partial charge < -0.3 is 0 Å². The smallest absolute Gasteiger partial charge is 0.0269 e. The van der Waals surface area contributed by atoms with Crippen LogP contribution >= 0.6 is 0 Å². The molecule has 3 unspecified atom stereocenters. The third-order valence-corrected chi connectivity index (χ3v) is 4.34. The fourth-order valence-corrected chi connectivity index (χ4v) is 3.15. The zero-order chi connectivity index (χ0) is 10.2. The molecule has 1 fully saturated rings. The van der Waals surface area contributed by atoms with Gasteiger partial charge in [-0.05, 0) is 41.9 Å². The molecule has 1 aliphatic rings. The quantitative estimate of drug-likeness (QED) is 0.608. The summed E-state index contributed by atoms with van der Waals surface area (Å²) in [5.74, 6) is 3.67. The second-order valence-corrected chi connectivity index (χ2v) is 6.08. The average molecular weight is 182 g/mol. The standard InChI is InChI=1S/C13H26/c1-9(2)7-12-11(5)8-13(12,6)10(3)4/h9-12H,7-8H2,1-6H3. The molecule has 1 saturated carbocycles. The summed E-state index contributed by atoms with van der Waals surface area (Å²) in [7, 11) is 0. The van der Waals surface area contributed by atoms with Crippen molar-refractivity contribution in [1.29, 1.82) is 0 Å². The van der Waals surface area contributed by atoms with Crippen LogP contribution in [0.3, 0.4) is 0 Å². The molecule has 13 heavy (non-hydrogen) atoms. The van der Waals surface area contributed by atoms with E-state index in [4.69, 9.17) is 0 Å². The zero-order valence-electron chi connectivity index (χ0n) is 10.2. The Kier molecular flexibility index (Phi) is 3.09. The largest absolute Gasteiger partial charge is 0.0628 e. The second-order valence-electron chi connectivity index (χ2n) is 6.08. The van der Waals surface area contributed by atoms with Crippen molar-refractivity contribution < 1.29 is 0 Å². The summed E-state index contributed by atoms with van der Waals surface area (Å²) >= 11 is 0. The minimum absolute atomic E-state index is 0.643. The first kappa shape index (κ1) is 11.1. The zero-order valence-corrected chi connectivity index (χ0v) is 10.2. The van der Waals surface area contributed by atoms with E-state index in [-0.39, 0.29) is 0 Å². The lowest BCUT2D eigenvalue weighted by Gasteiger charge is -2.56. The molecule has 0 heterocycles. The minimum atomic E-state index is 0.643. The van der Waals surface area contributed by atoms with Crippen molar-refractivity contribution in [2.45, 2.75) is 54.4 Å². The third-order valence-electron chi connectivity index (χ3n) is 4.34. The molecule has 78 valence electrons. The van der Waals surface area contributed by atoms with Crippen LogP contribution in [0.25, 0.3) is 0 Å². The van der Waals surface area contributed by atoms with Crippen molar-refractivity contribution in [2.75, 3.05) is 0 Å². The van der Waals surface area contributed by atoms with E-state index >= 15 is 0 Å². The van der Waals surface area contributed by atoms with Gasteiger partial charge in [0.15, 0.2) is 0 Å². The van der Waals surface area contributed by atoms with Crippen LogP contribution in [0.2, 0.25) is 0 Å². The van der Waals surface area contributed by atoms with E-state index in [1.165, 1.54) is 12.8 Å². The van der Waals surface area contributed by atoms with Gasteiger partial charge in [0.05, 0.1) is 0 Å². The molecule has 0 amide bonds. The Hall–Kier alpha value is 0. The van der Waals surface area contributed by atoms with E-state index < -0.39 is 0 Å². The SMILES string of the molecule is CC(C)CC1C(C)CC1(C)C(C)C. The highest BCUT2D eigenvalue weighted by Gasteiger charge is 2.49. The van der Waals surface area contributed by atoms with Crippen molar-refractivity contribution in [1.82, 2.24) is 0 Å². The maximum absolute atomic E-state index is 2.49. The molecule has 0 N–H and O–H groups in total. The summed E-state index contributed by atoms with van der Waals surface area (Å²) in [5.41, 5.74) is 0.643. The van der Waals surface area contributed by atoms with Crippen molar-refractivity contribution in [3.8, 4) is 0 Å². The van der Waals surface area contributed by atoms with E-state index in [2.05, 4.69) is 41.5 Å². The first-order valence-electron chi connectivity index (χ1n) is 5.88. The van der Waals surface area contributed by atoms with E-state index in [0.29, 0.717) is 5.41 Å². The number of hydrogen-bond acceptors (Lipinski definition) is 0. The van der Waals surface area contributed by atoms with E-state index in [0.717, 1.165) is 23.7 Å². The van der Waals surface area contributed by atoms with Gasteiger partial charge in [0, 0.05) is 0 Å². The van der Waals surface area contributed by atoms with Crippen LogP contribution in [0.1, 0.15) is 54.4 Å². The molecular weight excluding hydrogens is 156 g/mol. The summed E-state index contributed by atoms with van der Waals surface area (Å²) in [6, 6.07) is 0. The number of hydrogen-bond donors (Lipinski definition) is 0. The lowest BCUT2D eigenvalue weighted by atomic mass is 9.49. The van der Waals surface area contributed by atoms with E-state index in [1.54, 1.807) is 0 Å². The van der Waals surface area contributed by atoms with Crippen LogP contribution in [-0.4, -0.2) is 0 Å². The van der Waals surface area contributed by atoms with Crippen molar-refractivity contribution in [2.24, 2.45) is 29.1 Å². The Bertz CT molecular complexity index is 169. The van der Waals surface area contributed by atoms with Crippen LogP contribution < -0.4 is 0 Å². The van der Waals surface area contributed by atoms with Gasteiger partial charge in [0.2, 0.25) is 0 Å². The first-order valence-corrected chi connectivity index (χ1v) is 5.88. The Morgan fingerprint density at radius 1 is 1.23 bits per heavy atom. The molecule has 0 aliphatic heterocycles. The fourth-order valence-electron chi connectivity index (χ4n) is 3.15. The molecular formula is C13H26. The van der Waals surface area contributed by atoms with Gasteiger partial charge >= 0.3 is 0 Å². The Morgan fingerprint density at radius 3 is 2.08 bits per heavy atom. The monoisotopic (exact) mass is 182 g/mol. The molecule has 1 aliphatic carbocycles. The molecule has 1 rings (SSSR count). The Balaban J connectivity index is 2.60. The summed E-state index contributed by atoms with van der Waals surface area (Å²) in [4.78, 5) is 0. The van der Waals surface area contributed by atoms with Crippen LogP contribution in [0.5, 0.6) is 0 Å². The summed E-state index contributed by atoms with van der Waals surface area (Å²) in [6.07, 6.45) is 2.87. The Morgan fingerprint density at radius 2 is 1.77 bits per heavy atom. The van der Waals surface area contributed by atoms with Gasteiger partial charge in [-0.1, -0.05) is 41.5 Å². The van der Waals surface area contributed by atoms with Crippen LogP contribution in [-0.2, 0) is 0 Å². The molecule has 0 heteroatoms. The summed E-state index contributed by atoms with van der Waals surface area (Å²) in [5, 5.41) is 0. The highest BCUT2D eigenvalue weighted by molar-refractivity contribution is 4.98. The van der Waals surface area contributed by atoms with Gasteiger partial charge in [0.25, 0.3) is 0 Å². The third kappa shape index (κ3) is 1.92. The highest BCUT2D eigenvalue weighted by atomic mass is 14.5. The maximum Gasteiger partial charge on any atom is -0.0269 e. The molecule has 0 aromatic rings. The molecule has 0 aromatic carbocycles. The lowest BCUT2D eigenvalue weighted by Crippen LogP contribution is -2.48. The first-order chi connectivity index (χ1) is 5.88. The van der Waals surface area contributed by atoms with Gasteiger partial charge in [-0.3, -0.25) is 0 Å². The van der Waals surface area contributed by atoms with Gasteiger partial charge in [0.1, 0.15) is 0 Å². The normalized spacial score (nSPS) is 39.7. The predicted molar refractivity (Wildman–Crippen MR) is 59.7 cm³/mol. The van der Waals surface area contributed by atoms with Crippen molar-refractivity contribution in [3.63, 3.8) is 0 Å². The molecule has 0 saturated heterocycles. The summed E-state index contributed by atoms with van der Waals surface area (Å²) < 4.78 is 0. The molecule has 0 bridgehead atoms. The maximum atomic E-state index is 2.49. The number of rotatable bonds is 3. The van der Waals surface area contributed by atoms with E-state index in [1.807, 2.05) is 0 Å². The second kappa shape index (κ2) is 3.63. The topological polar surface area (TPSA) is 0 Å². The van der Waals surface area contributed by atoms with Gasteiger partial charge in [-0.15, -0.1) is 0 Å². The van der Waals surface area contributed by atoms with Crippen molar-refractivity contribution in [3.05, 3.63) is 0 Å². The van der Waals surface area contributed by atoms with Crippen molar-refractivity contribution >= 4 is 0 Å². The van der Waals surface area contributed by atoms with Crippen LogP contribution in [0.15, 0.2) is 0 Å². The van der Waals surface area contributed by atoms with Crippen LogP contribution in [0, 0.1) is 29.1 Å². The predicted octanol–water partition coefficient (Wildman–Crippen LogP) is 4.35. The molecule has 0 aromatic heterocycles. The van der Waals surface area contributed by atoms with Gasteiger partial charge in [-0.2, -0.15) is 0 Å². The van der Waals surface area contributed by atoms with E-state index in [9.17, 15) is 0 Å². The highest BCUT2D eigenvalue weighted by Crippen LogP contribution is 2.57. The molecule has 0 nitrogen and oxygen atoms in total. The lowest BCUT2D eigenvalue weighted by molar-refractivity contribution is -0.0677.